The van der Waals surface area contributed by atoms with Crippen molar-refractivity contribution in [2.75, 3.05) is 6.61 Å². The number of sulfonamides is 1. The number of halogens is 3. The van der Waals surface area contributed by atoms with E-state index in [1.165, 1.54) is 66.3 Å². The third-order valence-corrected chi connectivity index (χ3v) is 10.1. The highest BCUT2D eigenvalue weighted by Gasteiger charge is 2.53. The van der Waals surface area contributed by atoms with Crippen molar-refractivity contribution in [2.24, 2.45) is 5.92 Å². The zero-order valence-corrected chi connectivity index (χ0v) is 23.5. The topological polar surface area (TPSA) is 75.7 Å². The molecule has 2 heterocycles. The number of benzene rings is 2. The van der Waals surface area contributed by atoms with Gasteiger partial charge in [-0.3, -0.25) is 4.79 Å². The number of amides is 1. The van der Waals surface area contributed by atoms with Crippen LogP contribution in [0.5, 0.6) is 5.75 Å². The van der Waals surface area contributed by atoms with Gasteiger partial charge in [-0.2, -0.15) is 13.5 Å². The average Bonchev–Trinajstić information content (AvgIpc) is 3.51. The number of carbonyl (C=O) groups is 1. The molecule has 1 saturated carbocycles. The summed E-state index contributed by atoms with van der Waals surface area (Å²) in [6.45, 7) is 0.568. The van der Waals surface area contributed by atoms with Gasteiger partial charge in [0.1, 0.15) is 5.75 Å². The quantitative estimate of drug-likeness (QED) is 0.378. The van der Waals surface area contributed by atoms with Crippen molar-refractivity contribution in [3.05, 3.63) is 58.6 Å². The normalized spacial score (nSPS) is 23.0. The molecule has 1 N–H and O–H groups in total. The summed E-state index contributed by atoms with van der Waals surface area (Å²) < 4.78 is 67.2. The van der Waals surface area contributed by atoms with E-state index >= 15 is 8.78 Å². The van der Waals surface area contributed by atoms with Gasteiger partial charge in [-0.15, -0.1) is 0 Å². The molecule has 3 atom stereocenters. The van der Waals surface area contributed by atoms with E-state index in [4.69, 9.17) is 4.74 Å². The fourth-order valence-corrected chi connectivity index (χ4v) is 7.53. The van der Waals surface area contributed by atoms with Gasteiger partial charge >= 0.3 is 0 Å². The number of ether oxygens (including phenoxy) is 1. The predicted octanol–water partition coefficient (Wildman–Crippen LogP) is 6.00. The van der Waals surface area contributed by atoms with Crippen molar-refractivity contribution in [3.63, 3.8) is 0 Å². The number of piperidine rings is 1. The lowest BCUT2D eigenvalue weighted by atomic mass is 9.97. The van der Waals surface area contributed by atoms with Gasteiger partial charge in [0, 0.05) is 22.1 Å². The zero-order valence-electron chi connectivity index (χ0n) is 21.1. The van der Waals surface area contributed by atoms with E-state index in [1.54, 1.807) is 0 Å². The maximum Gasteiger partial charge on any atom is 0.298 e. The Labute approximate surface area is 231 Å². The molecule has 2 aliphatic heterocycles. The van der Waals surface area contributed by atoms with Crippen LogP contribution in [0.3, 0.4) is 0 Å². The van der Waals surface area contributed by atoms with Gasteiger partial charge in [0.25, 0.3) is 5.92 Å². The maximum absolute atomic E-state index is 16.0. The molecule has 1 amide bonds. The van der Waals surface area contributed by atoms with Gasteiger partial charge in [-0.05, 0) is 87.3 Å². The molecule has 38 heavy (non-hydrogen) atoms. The Bertz CT molecular complexity index is 1220. The lowest BCUT2D eigenvalue weighted by Gasteiger charge is -2.39. The van der Waals surface area contributed by atoms with Crippen LogP contribution in [0.1, 0.15) is 63.4 Å². The minimum Gasteiger partial charge on any atom is -0.493 e. The second kappa shape index (κ2) is 11.2. The van der Waals surface area contributed by atoms with E-state index in [0.29, 0.717) is 22.7 Å². The highest BCUT2D eigenvalue weighted by atomic mass is 79.9. The summed E-state index contributed by atoms with van der Waals surface area (Å²) >= 11 is 3.24. The fraction of sp³-hybridized carbons (Fsp3) is 0.536. The third kappa shape index (κ3) is 5.77. The average molecular weight is 612 g/mol. The van der Waals surface area contributed by atoms with E-state index in [2.05, 4.69) is 20.7 Å². The minimum absolute atomic E-state index is 0.134. The summed E-state index contributed by atoms with van der Waals surface area (Å²) in [6.07, 6.45) is 8.56. The largest absolute Gasteiger partial charge is 0.493 e. The van der Waals surface area contributed by atoms with Gasteiger partial charge in [-0.25, -0.2) is 8.42 Å². The summed E-state index contributed by atoms with van der Waals surface area (Å²) in [4.78, 5) is 15.0. The predicted molar refractivity (Wildman–Crippen MR) is 144 cm³/mol. The lowest BCUT2D eigenvalue weighted by molar-refractivity contribution is -0.148. The summed E-state index contributed by atoms with van der Waals surface area (Å²) in [7, 11) is -4.45. The molecule has 206 valence electrons. The van der Waals surface area contributed by atoms with E-state index in [-0.39, 0.29) is 17.0 Å². The van der Waals surface area contributed by atoms with E-state index < -0.39 is 33.5 Å². The first-order valence-corrected chi connectivity index (χ1v) is 15.6. The number of nitrogens with one attached hydrogen (secondary N) is 1. The number of rotatable bonds is 9. The Kier molecular flexibility index (Phi) is 8.12. The van der Waals surface area contributed by atoms with Crippen molar-refractivity contribution in [1.29, 1.82) is 0 Å². The van der Waals surface area contributed by atoms with Crippen LogP contribution < -0.4 is 9.46 Å². The zero-order chi connectivity index (χ0) is 26.9. The molecular weight excluding hydrogens is 578 g/mol. The molecule has 5 rings (SSSR count). The summed E-state index contributed by atoms with van der Waals surface area (Å²) in [6, 6.07) is 8.49. The molecule has 3 unspecified atom stereocenters. The van der Waals surface area contributed by atoms with Crippen molar-refractivity contribution in [1.82, 2.24) is 9.62 Å². The van der Waals surface area contributed by atoms with Gasteiger partial charge in [0.2, 0.25) is 15.9 Å². The van der Waals surface area contributed by atoms with Crippen molar-refractivity contribution in [3.8, 4) is 5.75 Å². The minimum atomic E-state index is -4.45. The Morgan fingerprint density at radius 2 is 1.55 bits per heavy atom. The number of alkyl halides is 2. The smallest absolute Gasteiger partial charge is 0.298 e. The maximum atomic E-state index is 16.0. The van der Waals surface area contributed by atoms with Gasteiger partial charge in [0.05, 0.1) is 11.5 Å². The van der Waals surface area contributed by atoms with Gasteiger partial charge in [0.15, 0.2) is 6.04 Å². The summed E-state index contributed by atoms with van der Waals surface area (Å²) in [5, 5.41) is 0. The van der Waals surface area contributed by atoms with E-state index in [9.17, 15) is 13.2 Å². The van der Waals surface area contributed by atoms with Crippen LogP contribution in [0, 0.1) is 5.92 Å². The highest BCUT2D eigenvalue weighted by Crippen LogP contribution is 2.40. The first-order chi connectivity index (χ1) is 18.1. The van der Waals surface area contributed by atoms with E-state index in [1.807, 2.05) is 0 Å². The van der Waals surface area contributed by atoms with Gasteiger partial charge in [-0.1, -0.05) is 40.9 Å². The lowest BCUT2D eigenvalue weighted by Crippen LogP contribution is -2.59. The van der Waals surface area contributed by atoms with Crippen LogP contribution in [0.2, 0.25) is 0 Å². The molecule has 0 aromatic heterocycles. The molecule has 2 saturated heterocycles. The molecule has 2 aromatic carbocycles. The Hall–Kier alpha value is -2.04. The molecule has 1 aliphatic carbocycles. The van der Waals surface area contributed by atoms with Gasteiger partial charge < -0.3 is 9.64 Å². The SMILES string of the molecule is O=C(C(NS(=O)(=O)c1ccc(OCC2CCCC2)cc1)C(F)(F)c1ccc(Br)cc1)N1C2CCCC1CC2. The molecule has 2 bridgehead atoms. The molecule has 3 fully saturated rings. The van der Waals surface area contributed by atoms with Crippen LogP contribution in [-0.4, -0.2) is 44.0 Å². The number of hydrogen-bond acceptors (Lipinski definition) is 4. The third-order valence-electron chi connectivity index (χ3n) is 8.16. The van der Waals surface area contributed by atoms with Crippen LogP contribution in [0.4, 0.5) is 8.78 Å². The first kappa shape index (κ1) is 27.5. The summed E-state index contributed by atoms with van der Waals surface area (Å²) in [5.74, 6) is -3.62. The van der Waals surface area contributed by atoms with Crippen molar-refractivity contribution >= 4 is 31.9 Å². The molecular formula is C28H33BrF2N2O4S. The van der Waals surface area contributed by atoms with Crippen molar-refractivity contribution in [2.45, 2.75) is 86.7 Å². The molecule has 3 aliphatic rings. The number of carbonyl (C=O) groups excluding carboxylic acids is 1. The van der Waals surface area contributed by atoms with Crippen LogP contribution in [-0.2, 0) is 20.7 Å². The first-order valence-electron chi connectivity index (χ1n) is 13.4. The fourth-order valence-electron chi connectivity index (χ4n) is 6.07. The molecule has 0 radical (unpaired) electrons. The number of nitrogens with zero attached hydrogens (tertiary/aromatic N) is 1. The van der Waals surface area contributed by atoms with Crippen LogP contribution >= 0.6 is 15.9 Å². The Morgan fingerprint density at radius 1 is 0.947 bits per heavy atom. The summed E-state index contributed by atoms with van der Waals surface area (Å²) in [5.41, 5.74) is -0.429. The number of hydrogen-bond donors (Lipinski definition) is 1. The monoisotopic (exact) mass is 610 g/mol. The molecule has 2 aromatic rings. The van der Waals surface area contributed by atoms with Crippen molar-refractivity contribution < 1.29 is 26.7 Å². The molecule has 6 nitrogen and oxygen atoms in total. The second-order valence-corrected chi connectivity index (χ2v) is 13.3. The van der Waals surface area contributed by atoms with Crippen LogP contribution in [0.25, 0.3) is 0 Å². The number of fused-ring (bicyclic) bond motifs is 2. The molecule has 0 spiro atoms. The highest BCUT2D eigenvalue weighted by molar-refractivity contribution is 9.10. The molecule has 10 heteroatoms. The Morgan fingerprint density at radius 3 is 2.16 bits per heavy atom. The van der Waals surface area contributed by atoms with E-state index in [0.717, 1.165) is 44.9 Å². The standard InChI is InChI=1S/C28H33BrF2N2O4S/c29-21-10-8-20(9-11-21)28(30,31)26(27(34)33-22-6-3-7-23(33)13-12-22)32-38(35,36)25-16-14-24(15-17-25)37-18-19-4-1-2-5-19/h8-11,14-17,19,22-23,26,32H,1-7,12-13,18H2. The Balaban J connectivity index is 1.39. The van der Waals surface area contributed by atoms with Crippen LogP contribution in [0.15, 0.2) is 57.9 Å². The second-order valence-electron chi connectivity index (χ2n) is 10.7.